The highest BCUT2D eigenvalue weighted by atomic mass is 19.1. The molecule has 0 aromatic heterocycles. The van der Waals surface area contributed by atoms with Crippen LogP contribution in [0, 0.1) is 28.4 Å². The van der Waals surface area contributed by atoms with Gasteiger partial charge in [0.15, 0.2) is 0 Å². The number of aliphatic hydroxyl groups excluding tert-OH is 1. The summed E-state index contributed by atoms with van der Waals surface area (Å²) in [5.41, 5.74) is 0.494. The number of hydrogen-bond acceptors (Lipinski definition) is 1. The molecule has 1 aromatic carbocycles. The second kappa shape index (κ2) is 4.02. The summed E-state index contributed by atoms with van der Waals surface area (Å²) >= 11 is 0. The zero-order chi connectivity index (χ0) is 13.7. The number of rotatable bonds is 3. The second-order valence-corrected chi connectivity index (χ2v) is 6.43. The van der Waals surface area contributed by atoms with E-state index in [1.807, 2.05) is 0 Å². The lowest BCUT2D eigenvalue weighted by Gasteiger charge is -2.13. The van der Waals surface area contributed by atoms with Gasteiger partial charge in [-0.15, -0.1) is 0 Å². The van der Waals surface area contributed by atoms with Gasteiger partial charge in [-0.2, -0.15) is 0 Å². The smallest absolute Gasteiger partial charge is 0.129 e. The van der Waals surface area contributed by atoms with E-state index in [9.17, 15) is 13.9 Å². The highest BCUT2D eigenvalue weighted by Crippen LogP contribution is 2.69. The molecule has 0 spiro atoms. The summed E-state index contributed by atoms with van der Waals surface area (Å²) in [5.74, 6) is -1.02. The van der Waals surface area contributed by atoms with Crippen molar-refractivity contribution in [3.05, 3.63) is 35.4 Å². The fourth-order valence-corrected chi connectivity index (χ4v) is 3.24. The van der Waals surface area contributed by atoms with E-state index in [2.05, 4.69) is 27.7 Å². The van der Waals surface area contributed by atoms with Gasteiger partial charge in [0.05, 0.1) is 6.10 Å². The minimum atomic E-state index is -0.588. The Morgan fingerprint density at radius 2 is 1.72 bits per heavy atom. The van der Waals surface area contributed by atoms with Crippen molar-refractivity contribution in [3.8, 4) is 0 Å². The predicted molar refractivity (Wildman–Crippen MR) is 67.1 cm³/mol. The van der Waals surface area contributed by atoms with Crippen LogP contribution in [0.15, 0.2) is 18.2 Å². The summed E-state index contributed by atoms with van der Waals surface area (Å²) in [7, 11) is 0. The standard InChI is InChI=1S/C15H20F2O/c1-14(2)13(15(14,3)4)12(18)7-9-5-6-10(16)8-11(9)17/h5-6,8,12-13,18H,7H2,1-4H3. The van der Waals surface area contributed by atoms with Gasteiger partial charge >= 0.3 is 0 Å². The van der Waals surface area contributed by atoms with Gasteiger partial charge < -0.3 is 5.11 Å². The summed E-state index contributed by atoms with van der Waals surface area (Å²) in [6, 6.07) is 3.51. The Hall–Kier alpha value is -0.960. The normalized spacial score (nSPS) is 22.8. The Morgan fingerprint density at radius 1 is 1.17 bits per heavy atom. The maximum absolute atomic E-state index is 13.5. The number of benzene rings is 1. The minimum Gasteiger partial charge on any atom is -0.392 e. The first-order chi connectivity index (χ1) is 8.18. The maximum atomic E-state index is 13.5. The molecule has 3 heteroatoms. The maximum Gasteiger partial charge on any atom is 0.129 e. The fourth-order valence-electron chi connectivity index (χ4n) is 3.24. The molecule has 0 saturated heterocycles. The third kappa shape index (κ3) is 1.95. The van der Waals surface area contributed by atoms with Gasteiger partial charge in [0.25, 0.3) is 0 Å². The van der Waals surface area contributed by atoms with Crippen LogP contribution in [-0.2, 0) is 6.42 Å². The fraction of sp³-hybridized carbons (Fsp3) is 0.600. The molecule has 100 valence electrons. The average molecular weight is 254 g/mol. The van der Waals surface area contributed by atoms with Crippen LogP contribution in [0.3, 0.4) is 0 Å². The van der Waals surface area contributed by atoms with Crippen LogP contribution in [0.2, 0.25) is 0 Å². The first kappa shape index (κ1) is 13.5. The molecule has 0 aliphatic heterocycles. The van der Waals surface area contributed by atoms with E-state index in [4.69, 9.17) is 0 Å². The van der Waals surface area contributed by atoms with Gasteiger partial charge in [-0.25, -0.2) is 8.78 Å². The van der Waals surface area contributed by atoms with Crippen molar-refractivity contribution in [1.82, 2.24) is 0 Å². The van der Waals surface area contributed by atoms with E-state index >= 15 is 0 Å². The van der Waals surface area contributed by atoms with E-state index in [-0.39, 0.29) is 23.2 Å². The monoisotopic (exact) mass is 254 g/mol. The zero-order valence-electron chi connectivity index (χ0n) is 11.3. The predicted octanol–water partition coefficient (Wildman–Crippen LogP) is 3.55. The van der Waals surface area contributed by atoms with Crippen LogP contribution in [0.25, 0.3) is 0 Å². The van der Waals surface area contributed by atoms with Gasteiger partial charge in [-0.3, -0.25) is 0 Å². The molecule has 0 bridgehead atoms. The summed E-state index contributed by atoms with van der Waals surface area (Å²) in [6.45, 7) is 8.45. The molecule has 1 atom stereocenters. The van der Waals surface area contributed by atoms with Crippen molar-refractivity contribution in [2.75, 3.05) is 0 Å². The van der Waals surface area contributed by atoms with Crippen LogP contribution >= 0.6 is 0 Å². The Balaban J connectivity index is 2.12. The lowest BCUT2D eigenvalue weighted by atomic mass is 9.99. The first-order valence-corrected chi connectivity index (χ1v) is 6.30. The summed E-state index contributed by atoms with van der Waals surface area (Å²) in [4.78, 5) is 0. The van der Waals surface area contributed by atoms with Gasteiger partial charge in [0.2, 0.25) is 0 Å². The Bertz CT molecular complexity index is 452. The van der Waals surface area contributed by atoms with Crippen LogP contribution < -0.4 is 0 Å². The third-order valence-corrected chi connectivity index (χ3v) is 4.96. The molecule has 0 heterocycles. The molecular weight excluding hydrogens is 234 g/mol. The molecule has 18 heavy (non-hydrogen) atoms. The summed E-state index contributed by atoms with van der Waals surface area (Å²) in [5, 5.41) is 10.2. The number of halogens is 2. The highest BCUT2D eigenvalue weighted by molar-refractivity contribution is 5.22. The molecular formula is C15H20F2O. The molecule has 1 fully saturated rings. The van der Waals surface area contributed by atoms with Gasteiger partial charge in [0.1, 0.15) is 11.6 Å². The van der Waals surface area contributed by atoms with E-state index in [1.54, 1.807) is 0 Å². The molecule has 1 aliphatic carbocycles. The van der Waals surface area contributed by atoms with E-state index in [0.29, 0.717) is 5.56 Å². The zero-order valence-corrected chi connectivity index (χ0v) is 11.3. The molecule has 0 amide bonds. The van der Waals surface area contributed by atoms with Crippen molar-refractivity contribution < 1.29 is 13.9 Å². The highest BCUT2D eigenvalue weighted by Gasteiger charge is 2.66. The van der Waals surface area contributed by atoms with Crippen LogP contribution in [0.1, 0.15) is 33.3 Å². The molecule has 1 nitrogen and oxygen atoms in total. The van der Waals surface area contributed by atoms with Crippen molar-refractivity contribution in [2.45, 2.75) is 40.2 Å². The van der Waals surface area contributed by atoms with E-state index < -0.39 is 17.7 Å². The topological polar surface area (TPSA) is 20.2 Å². The van der Waals surface area contributed by atoms with Crippen molar-refractivity contribution in [1.29, 1.82) is 0 Å². The summed E-state index contributed by atoms with van der Waals surface area (Å²) in [6.07, 6.45) is -0.348. The Morgan fingerprint density at radius 3 is 2.17 bits per heavy atom. The van der Waals surface area contributed by atoms with Crippen molar-refractivity contribution in [2.24, 2.45) is 16.7 Å². The SMILES string of the molecule is CC1(C)C(C(O)Cc2ccc(F)cc2F)C1(C)C. The molecule has 1 unspecified atom stereocenters. The van der Waals surface area contributed by atoms with Crippen molar-refractivity contribution in [3.63, 3.8) is 0 Å². The van der Waals surface area contributed by atoms with Crippen molar-refractivity contribution >= 4 is 0 Å². The number of aliphatic hydroxyl groups is 1. The minimum absolute atomic E-state index is 0.0585. The third-order valence-electron chi connectivity index (χ3n) is 4.96. The molecule has 1 saturated carbocycles. The lowest BCUT2D eigenvalue weighted by molar-refractivity contribution is 0.128. The Kier molecular flexibility index (Phi) is 3.01. The van der Waals surface area contributed by atoms with E-state index in [0.717, 1.165) is 6.07 Å². The molecule has 1 N–H and O–H groups in total. The molecule has 1 aliphatic rings. The number of hydrogen-bond donors (Lipinski definition) is 1. The van der Waals surface area contributed by atoms with E-state index in [1.165, 1.54) is 12.1 Å². The van der Waals surface area contributed by atoms with Crippen LogP contribution in [-0.4, -0.2) is 11.2 Å². The molecule has 0 radical (unpaired) electrons. The second-order valence-electron chi connectivity index (χ2n) is 6.43. The van der Waals surface area contributed by atoms with Gasteiger partial charge in [0, 0.05) is 12.5 Å². The van der Waals surface area contributed by atoms with Gasteiger partial charge in [-0.1, -0.05) is 33.8 Å². The quantitative estimate of drug-likeness (QED) is 0.874. The van der Waals surface area contributed by atoms with Crippen LogP contribution in [0.4, 0.5) is 8.78 Å². The molecule has 2 rings (SSSR count). The van der Waals surface area contributed by atoms with Gasteiger partial charge in [-0.05, 0) is 28.4 Å². The molecule has 1 aromatic rings. The Labute approximate surface area is 107 Å². The summed E-state index contributed by atoms with van der Waals surface area (Å²) < 4.78 is 26.3. The first-order valence-electron chi connectivity index (χ1n) is 6.30. The average Bonchev–Trinajstić information content (AvgIpc) is 2.62. The lowest BCUT2D eigenvalue weighted by Crippen LogP contribution is -2.18. The van der Waals surface area contributed by atoms with Crippen LogP contribution in [0.5, 0.6) is 0 Å². The largest absolute Gasteiger partial charge is 0.392 e.